The van der Waals surface area contributed by atoms with Crippen LogP contribution >= 0.6 is 0 Å². The lowest BCUT2D eigenvalue weighted by Gasteiger charge is -2.15. The summed E-state index contributed by atoms with van der Waals surface area (Å²) in [5.41, 5.74) is 1.71. The van der Waals surface area contributed by atoms with Crippen molar-refractivity contribution in [3.63, 3.8) is 0 Å². The van der Waals surface area contributed by atoms with Crippen molar-refractivity contribution in [1.29, 1.82) is 0 Å². The second-order valence-corrected chi connectivity index (χ2v) is 7.59. The van der Waals surface area contributed by atoms with Gasteiger partial charge in [-0.15, -0.1) is 0 Å². The van der Waals surface area contributed by atoms with Gasteiger partial charge in [-0.2, -0.15) is 0 Å². The van der Waals surface area contributed by atoms with Gasteiger partial charge in [-0.05, 0) is 42.8 Å². The highest BCUT2D eigenvalue weighted by Crippen LogP contribution is 2.21. The topological polar surface area (TPSA) is 105 Å². The predicted molar refractivity (Wildman–Crippen MR) is 101 cm³/mol. The van der Waals surface area contributed by atoms with Crippen molar-refractivity contribution < 1.29 is 22.8 Å². The van der Waals surface area contributed by atoms with Crippen LogP contribution in [0.15, 0.2) is 47.4 Å². The predicted octanol–water partition coefficient (Wildman–Crippen LogP) is 1.79. The summed E-state index contributed by atoms with van der Waals surface area (Å²) in [5.74, 6) is -0.776. The van der Waals surface area contributed by atoms with Gasteiger partial charge in [0.25, 0.3) is 21.8 Å². The standard InChI is InChI=1S/C18H21N3O5S/c1-12-6-5-7-15(16(12)18(23)19-2)20-17(22)13-8-10-14(11-9-13)27(24,25)21(3)26-4/h5-11H,1-4H3,(H,19,23)(H,20,22). The molecule has 0 radical (unpaired) electrons. The molecule has 0 unspecified atom stereocenters. The van der Waals surface area contributed by atoms with E-state index in [9.17, 15) is 18.0 Å². The van der Waals surface area contributed by atoms with Gasteiger partial charge in [-0.1, -0.05) is 16.6 Å². The summed E-state index contributed by atoms with van der Waals surface area (Å²) >= 11 is 0. The number of carbonyl (C=O) groups is 2. The Morgan fingerprint density at radius 1 is 1.04 bits per heavy atom. The van der Waals surface area contributed by atoms with Crippen molar-refractivity contribution in [2.45, 2.75) is 11.8 Å². The molecule has 0 aliphatic heterocycles. The first kappa shape index (κ1) is 20.6. The zero-order valence-electron chi connectivity index (χ0n) is 15.4. The average Bonchev–Trinajstić information content (AvgIpc) is 2.66. The summed E-state index contributed by atoms with van der Waals surface area (Å²) in [6.07, 6.45) is 0. The van der Waals surface area contributed by atoms with Crippen LogP contribution in [0.1, 0.15) is 26.3 Å². The molecular formula is C18H21N3O5S. The van der Waals surface area contributed by atoms with E-state index >= 15 is 0 Å². The number of sulfonamides is 1. The van der Waals surface area contributed by atoms with Crippen molar-refractivity contribution in [2.75, 3.05) is 26.5 Å². The Hall–Kier alpha value is -2.75. The van der Waals surface area contributed by atoms with Crippen LogP contribution in [0.5, 0.6) is 0 Å². The summed E-state index contributed by atoms with van der Waals surface area (Å²) in [6.45, 7) is 1.77. The highest BCUT2D eigenvalue weighted by atomic mass is 32.2. The molecule has 0 heterocycles. The van der Waals surface area contributed by atoms with E-state index < -0.39 is 15.9 Å². The van der Waals surface area contributed by atoms with Crippen LogP contribution in [-0.4, -0.2) is 45.9 Å². The third-order valence-corrected chi connectivity index (χ3v) is 5.68. The monoisotopic (exact) mass is 391 g/mol. The molecule has 2 rings (SSSR count). The molecule has 144 valence electrons. The van der Waals surface area contributed by atoms with Crippen LogP contribution in [0.2, 0.25) is 0 Å². The fourth-order valence-corrected chi connectivity index (χ4v) is 3.39. The molecular weight excluding hydrogens is 370 g/mol. The normalized spacial score (nSPS) is 11.3. The Morgan fingerprint density at radius 2 is 1.67 bits per heavy atom. The minimum atomic E-state index is -3.79. The molecule has 0 fully saturated rings. The molecule has 27 heavy (non-hydrogen) atoms. The number of hydrogen-bond acceptors (Lipinski definition) is 5. The van der Waals surface area contributed by atoms with Crippen molar-refractivity contribution >= 4 is 27.5 Å². The molecule has 2 N–H and O–H groups in total. The van der Waals surface area contributed by atoms with Gasteiger partial charge in [0, 0.05) is 19.7 Å². The SMILES string of the molecule is CNC(=O)c1c(C)cccc1NC(=O)c1ccc(S(=O)(=O)N(C)OC)cc1. The van der Waals surface area contributed by atoms with E-state index in [1.165, 1.54) is 45.5 Å². The van der Waals surface area contributed by atoms with Gasteiger partial charge in [-0.25, -0.2) is 8.42 Å². The maximum atomic E-state index is 12.5. The molecule has 2 amide bonds. The number of anilines is 1. The van der Waals surface area contributed by atoms with Crippen molar-refractivity contribution in [3.8, 4) is 0 Å². The second kappa shape index (κ2) is 8.30. The molecule has 0 saturated carbocycles. The maximum absolute atomic E-state index is 12.5. The smallest absolute Gasteiger partial charge is 0.264 e. The first-order chi connectivity index (χ1) is 12.7. The molecule has 0 aliphatic rings. The summed E-state index contributed by atoms with van der Waals surface area (Å²) < 4.78 is 25.1. The Balaban J connectivity index is 2.28. The number of hydrogen-bond donors (Lipinski definition) is 2. The third-order valence-electron chi connectivity index (χ3n) is 3.99. The minimum Gasteiger partial charge on any atom is -0.355 e. The summed E-state index contributed by atoms with van der Waals surface area (Å²) in [6, 6.07) is 10.5. The first-order valence-corrected chi connectivity index (χ1v) is 9.42. The van der Waals surface area contributed by atoms with E-state index in [0.29, 0.717) is 11.3 Å². The number of amides is 2. The molecule has 0 aromatic heterocycles. The van der Waals surface area contributed by atoms with Crippen LogP contribution in [0.25, 0.3) is 0 Å². The van der Waals surface area contributed by atoms with Crippen LogP contribution in [0.3, 0.4) is 0 Å². The van der Waals surface area contributed by atoms with Gasteiger partial charge < -0.3 is 10.6 Å². The summed E-state index contributed by atoms with van der Waals surface area (Å²) in [7, 11) is 0.233. The maximum Gasteiger partial charge on any atom is 0.264 e. The van der Waals surface area contributed by atoms with E-state index in [0.717, 1.165) is 10.0 Å². The lowest BCUT2D eigenvalue weighted by Crippen LogP contribution is -2.25. The Morgan fingerprint density at radius 3 is 2.22 bits per heavy atom. The second-order valence-electron chi connectivity index (χ2n) is 5.65. The van der Waals surface area contributed by atoms with Crippen molar-refractivity contribution in [2.24, 2.45) is 0 Å². The minimum absolute atomic E-state index is 0.00925. The van der Waals surface area contributed by atoms with Gasteiger partial charge in [0.15, 0.2) is 0 Å². The Bertz CT molecular complexity index is 955. The zero-order chi connectivity index (χ0) is 20.2. The van der Waals surface area contributed by atoms with E-state index in [4.69, 9.17) is 4.84 Å². The fraction of sp³-hybridized carbons (Fsp3) is 0.222. The van der Waals surface area contributed by atoms with Gasteiger partial charge in [0.05, 0.1) is 23.3 Å². The molecule has 9 heteroatoms. The highest BCUT2D eigenvalue weighted by Gasteiger charge is 2.21. The highest BCUT2D eigenvalue weighted by molar-refractivity contribution is 7.89. The van der Waals surface area contributed by atoms with E-state index in [1.807, 2.05) is 0 Å². The van der Waals surface area contributed by atoms with E-state index in [-0.39, 0.29) is 16.4 Å². The first-order valence-electron chi connectivity index (χ1n) is 7.98. The molecule has 8 nitrogen and oxygen atoms in total. The molecule has 0 saturated heterocycles. The average molecular weight is 391 g/mol. The fourth-order valence-electron chi connectivity index (χ4n) is 2.42. The van der Waals surface area contributed by atoms with Gasteiger partial charge >= 0.3 is 0 Å². The van der Waals surface area contributed by atoms with Crippen LogP contribution in [-0.2, 0) is 14.9 Å². The van der Waals surface area contributed by atoms with Gasteiger partial charge in [0.1, 0.15) is 0 Å². The van der Waals surface area contributed by atoms with Crippen molar-refractivity contribution in [1.82, 2.24) is 9.79 Å². The third kappa shape index (κ3) is 4.33. The van der Waals surface area contributed by atoms with Gasteiger partial charge in [-0.3, -0.25) is 14.4 Å². The summed E-state index contributed by atoms with van der Waals surface area (Å²) in [5, 5.41) is 5.23. The zero-order valence-corrected chi connectivity index (χ0v) is 16.3. The number of hydroxylamine groups is 1. The number of rotatable bonds is 6. The van der Waals surface area contributed by atoms with Gasteiger partial charge in [0.2, 0.25) is 0 Å². The number of benzene rings is 2. The number of nitrogens with zero attached hydrogens (tertiary/aromatic N) is 1. The van der Waals surface area contributed by atoms with Crippen LogP contribution < -0.4 is 10.6 Å². The number of nitrogens with one attached hydrogen (secondary N) is 2. The van der Waals surface area contributed by atoms with Crippen LogP contribution in [0.4, 0.5) is 5.69 Å². The lowest BCUT2D eigenvalue weighted by atomic mass is 10.1. The van der Waals surface area contributed by atoms with Crippen molar-refractivity contribution in [3.05, 3.63) is 59.2 Å². The Labute approximate surface area is 158 Å². The molecule has 0 atom stereocenters. The number of aryl methyl sites for hydroxylation is 1. The van der Waals surface area contributed by atoms with Crippen LogP contribution in [0, 0.1) is 6.92 Å². The molecule has 0 spiro atoms. The lowest BCUT2D eigenvalue weighted by molar-refractivity contribution is -0.0258. The quantitative estimate of drug-likeness (QED) is 0.731. The largest absolute Gasteiger partial charge is 0.355 e. The molecule has 0 aliphatic carbocycles. The van der Waals surface area contributed by atoms with E-state index in [2.05, 4.69) is 10.6 Å². The Kier molecular flexibility index (Phi) is 6.32. The van der Waals surface area contributed by atoms with E-state index in [1.54, 1.807) is 25.1 Å². The molecule has 2 aromatic rings. The summed E-state index contributed by atoms with van der Waals surface area (Å²) in [4.78, 5) is 29.3. The molecule has 2 aromatic carbocycles. The molecule has 0 bridgehead atoms. The number of carbonyl (C=O) groups excluding carboxylic acids is 2.